The van der Waals surface area contributed by atoms with Crippen LogP contribution < -0.4 is 11.0 Å². The number of rotatable bonds is 5. The van der Waals surface area contributed by atoms with Crippen LogP contribution in [0.4, 0.5) is 0 Å². The van der Waals surface area contributed by atoms with Crippen molar-refractivity contribution in [2.24, 2.45) is 5.10 Å². The van der Waals surface area contributed by atoms with Crippen molar-refractivity contribution in [3.8, 4) is 0 Å². The molecule has 2 heterocycles. The molecule has 0 atom stereocenters. The molecule has 0 saturated carbocycles. The predicted octanol–water partition coefficient (Wildman–Crippen LogP) is 3.73. The van der Waals surface area contributed by atoms with E-state index >= 15 is 0 Å². The highest BCUT2D eigenvalue weighted by atomic mass is 35.5. The number of nitrogens with zero attached hydrogens (tertiary/aromatic N) is 2. The Kier molecular flexibility index (Phi) is 5.72. The molecule has 0 bridgehead atoms. The first-order valence-electron chi connectivity index (χ1n) is 8.49. The summed E-state index contributed by atoms with van der Waals surface area (Å²) >= 11 is 7.35. The average Bonchev–Trinajstić information content (AvgIpc) is 2.91. The lowest BCUT2D eigenvalue weighted by atomic mass is 10.1. The van der Waals surface area contributed by atoms with Gasteiger partial charge in [-0.3, -0.25) is 9.59 Å². The minimum atomic E-state index is -0.345. The number of fused-ring (bicyclic) bond motifs is 1. The van der Waals surface area contributed by atoms with Gasteiger partial charge in [-0.1, -0.05) is 30.7 Å². The van der Waals surface area contributed by atoms with Gasteiger partial charge in [-0.05, 0) is 43.5 Å². The van der Waals surface area contributed by atoms with Gasteiger partial charge in [0.2, 0.25) is 5.91 Å². The number of benzene rings is 1. The van der Waals surface area contributed by atoms with Crippen molar-refractivity contribution in [2.45, 2.75) is 33.6 Å². The number of aromatic nitrogens is 2. The van der Waals surface area contributed by atoms with Crippen molar-refractivity contribution in [3.63, 3.8) is 0 Å². The summed E-state index contributed by atoms with van der Waals surface area (Å²) in [5, 5.41) is 5.43. The molecule has 6 nitrogen and oxygen atoms in total. The van der Waals surface area contributed by atoms with E-state index in [0.717, 1.165) is 21.7 Å². The van der Waals surface area contributed by atoms with Crippen LogP contribution in [0.3, 0.4) is 0 Å². The van der Waals surface area contributed by atoms with Crippen LogP contribution in [-0.4, -0.2) is 21.6 Å². The molecule has 0 aliphatic heterocycles. The van der Waals surface area contributed by atoms with E-state index in [1.54, 1.807) is 12.1 Å². The van der Waals surface area contributed by atoms with Gasteiger partial charge in [0.05, 0.1) is 17.5 Å². The number of thiophene rings is 1. The van der Waals surface area contributed by atoms with Gasteiger partial charge in [-0.2, -0.15) is 5.10 Å². The monoisotopic (exact) mass is 402 g/mol. The molecule has 140 valence electrons. The molecule has 2 aromatic heterocycles. The van der Waals surface area contributed by atoms with E-state index in [9.17, 15) is 9.59 Å². The lowest BCUT2D eigenvalue weighted by Crippen LogP contribution is -2.24. The summed E-state index contributed by atoms with van der Waals surface area (Å²) in [6.07, 6.45) is 0.596. The number of hydrogen-bond donors (Lipinski definition) is 2. The fourth-order valence-electron chi connectivity index (χ4n) is 2.69. The van der Waals surface area contributed by atoms with Gasteiger partial charge in [0.15, 0.2) is 0 Å². The lowest BCUT2D eigenvalue weighted by Gasteiger charge is -2.05. The quantitative estimate of drug-likeness (QED) is 0.503. The highest BCUT2D eigenvalue weighted by molar-refractivity contribution is 7.18. The average molecular weight is 403 g/mol. The van der Waals surface area contributed by atoms with E-state index in [1.165, 1.54) is 11.3 Å². The maximum absolute atomic E-state index is 12.3. The van der Waals surface area contributed by atoms with Gasteiger partial charge < -0.3 is 4.98 Å². The molecular weight excluding hydrogens is 384 g/mol. The maximum Gasteiger partial charge on any atom is 0.259 e. The molecule has 27 heavy (non-hydrogen) atoms. The Labute approximate surface area is 165 Å². The summed E-state index contributed by atoms with van der Waals surface area (Å²) in [4.78, 5) is 33.3. The second kappa shape index (κ2) is 8.02. The van der Waals surface area contributed by atoms with Crippen LogP contribution in [0.2, 0.25) is 5.02 Å². The third-order valence-electron chi connectivity index (χ3n) is 4.24. The molecule has 0 aliphatic rings. The Morgan fingerprint density at radius 2 is 2.00 bits per heavy atom. The fourth-order valence-corrected chi connectivity index (χ4v) is 3.87. The number of aryl methyl sites for hydroxylation is 2. The number of halogens is 1. The minimum Gasteiger partial charge on any atom is -0.309 e. The Balaban J connectivity index is 1.76. The van der Waals surface area contributed by atoms with Crippen LogP contribution in [-0.2, 0) is 11.2 Å². The van der Waals surface area contributed by atoms with Crippen LogP contribution in [0.1, 0.15) is 35.2 Å². The topological polar surface area (TPSA) is 87.2 Å². The summed E-state index contributed by atoms with van der Waals surface area (Å²) in [5.41, 5.74) is 4.87. The zero-order chi connectivity index (χ0) is 19.6. The van der Waals surface area contributed by atoms with Gasteiger partial charge in [0.1, 0.15) is 10.7 Å². The first kappa shape index (κ1) is 19.3. The van der Waals surface area contributed by atoms with Crippen LogP contribution in [0.15, 0.2) is 34.2 Å². The maximum atomic E-state index is 12.3. The van der Waals surface area contributed by atoms with Crippen molar-refractivity contribution in [1.82, 2.24) is 15.4 Å². The molecule has 0 aliphatic carbocycles. The number of carbonyl (C=O) groups excluding carboxylic acids is 1. The highest BCUT2D eigenvalue weighted by Gasteiger charge is 2.13. The second-order valence-electron chi connectivity index (χ2n) is 6.11. The van der Waals surface area contributed by atoms with E-state index in [4.69, 9.17) is 11.6 Å². The second-order valence-corrected chi connectivity index (χ2v) is 7.75. The Hall–Kier alpha value is -2.51. The van der Waals surface area contributed by atoms with Crippen molar-refractivity contribution < 1.29 is 4.79 Å². The van der Waals surface area contributed by atoms with E-state index in [1.807, 2.05) is 32.9 Å². The van der Waals surface area contributed by atoms with Crippen LogP contribution in [0.5, 0.6) is 0 Å². The molecule has 0 radical (unpaired) electrons. The summed E-state index contributed by atoms with van der Waals surface area (Å²) in [6.45, 7) is 5.80. The van der Waals surface area contributed by atoms with Gasteiger partial charge in [0.25, 0.3) is 5.56 Å². The zero-order valence-electron chi connectivity index (χ0n) is 15.2. The first-order chi connectivity index (χ1) is 12.9. The molecule has 3 aromatic rings. The molecular formula is C19H19ClN4O2S. The van der Waals surface area contributed by atoms with Crippen molar-refractivity contribution >= 4 is 44.8 Å². The molecule has 0 unspecified atom stereocenters. The Morgan fingerprint density at radius 3 is 2.67 bits per heavy atom. The van der Waals surface area contributed by atoms with Gasteiger partial charge in [-0.15, -0.1) is 11.3 Å². The predicted molar refractivity (Wildman–Crippen MR) is 110 cm³/mol. The Bertz CT molecular complexity index is 1080. The highest BCUT2D eigenvalue weighted by Crippen LogP contribution is 2.25. The number of H-pyrrole nitrogens is 1. The van der Waals surface area contributed by atoms with E-state index < -0.39 is 0 Å². The summed E-state index contributed by atoms with van der Waals surface area (Å²) < 4.78 is 0. The third kappa shape index (κ3) is 4.26. The minimum absolute atomic E-state index is 0.0533. The fraction of sp³-hybridized carbons (Fsp3) is 0.263. The van der Waals surface area contributed by atoms with Gasteiger partial charge >= 0.3 is 0 Å². The smallest absolute Gasteiger partial charge is 0.259 e. The Morgan fingerprint density at radius 1 is 1.30 bits per heavy atom. The SMILES string of the molecule is CC/C(=N/NC(=O)Cc1nc2sc(C)c(C)c2c(=O)[nH]1)c1ccc(Cl)cc1. The van der Waals surface area contributed by atoms with E-state index in [2.05, 4.69) is 20.5 Å². The summed E-state index contributed by atoms with van der Waals surface area (Å²) in [6, 6.07) is 7.26. The van der Waals surface area contributed by atoms with Crippen LogP contribution in [0, 0.1) is 13.8 Å². The molecule has 1 amide bonds. The van der Waals surface area contributed by atoms with Crippen molar-refractivity contribution in [3.05, 3.63) is 61.5 Å². The van der Waals surface area contributed by atoms with Crippen molar-refractivity contribution in [1.29, 1.82) is 0 Å². The molecule has 0 saturated heterocycles. The number of amides is 1. The molecule has 0 spiro atoms. The molecule has 1 aromatic carbocycles. The molecule has 3 rings (SSSR count). The van der Waals surface area contributed by atoms with E-state index in [0.29, 0.717) is 27.5 Å². The summed E-state index contributed by atoms with van der Waals surface area (Å²) in [7, 11) is 0. The third-order valence-corrected chi connectivity index (χ3v) is 5.60. The van der Waals surface area contributed by atoms with Crippen LogP contribution in [0.25, 0.3) is 10.2 Å². The summed E-state index contributed by atoms with van der Waals surface area (Å²) in [5.74, 6) is -0.0200. The van der Waals surface area contributed by atoms with Crippen molar-refractivity contribution in [2.75, 3.05) is 0 Å². The van der Waals surface area contributed by atoms with Gasteiger partial charge in [-0.25, -0.2) is 10.4 Å². The van der Waals surface area contributed by atoms with Crippen LogP contribution >= 0.6 is 22.9 Å². The lowest BCUT2D eigenvalue weighted by molar-refractivity contribution is -0.120. The van der Waals surface area contributed by atoms with E-state index in [-0.39, 0.29) is 17.9 Å². The van der Waals surface area contributed by atoms with Gasteiger partial charge in [0, 0.05) is 9.90 Å². The molecule has 8 heteroatoms. The largest absolute Gasteiger partial charge is 0.309 e. The number of aromatic amines is 1. The number of carbonyl (C=O) groups is 1. The molecule has 2 N–H and O–H groups in total. The first-order valence-corrected chi connectivity index (χ1v) is 9.68. The number of hydrazone groups is 1. The number of hydrogen-bond acceptors (Lipinski definition) is 5. The normalized spacial score (nSPS) is 11.8. The number of nitrogens with one attached hydrogen (secondary N) is 2. The zero-order valence-corrected chi connectivity index (χ0v) is 16.8. The standard InChI is InChI=1S/C19H19ClN4O2S/c1-4-14(12-5-7-13(20)8-6-12)23-24-16(25)9-15-21-18(26)17-10(2)11(3)27-19(17)22-15/h5-8H,4,9H2,1-3H3,(H,24,25)(H,21,22,26)/b23-14-. The molecule has 0 fully saturated rings.